The van der Waals surface area contributed by atoms with Crippen LogP contribution >= 0.6 is 0 Å². The Morgan fingerprint density at radius 3 is 2.77 bits per heavy atom. The molecule has 2 aromatic rings. The van der Waals surface area contributed by atoms with Crippen LogP contribution in [0.25, 0.3) is 16.5 Å². The second kappa shape index (κ2) is 7.22. The SMILES string of the molecule is O=C([C@@H]1C=C2c3cccc4[nH]c(C#CCO)c(c34)C[C@H]2N(C(=O)O)C1)N1CCCC1. The number of rotatable bonds is 1. The molecule has 1 fully saturated rings. The van der Waals surface area contributed by atoms with Crippen molar-refractivity contribution in [3.8, 4) is 11.8 Å². The van der Waals surface area contributed by atoms with E-state index < -0.39 is 12.0 Å². The molecule has 1 aliphatic carbocycles. The van der Waals surface area contributed by atoms with Crippen LogP contribution in [0.15, 0.2) is 24.3 Å². The third kappa shape index (κ3) is 2.87. The number of hydrogen-bond acceptors (Lipinski definition) is 3. The van der Waals surface area contributed by atoms with Gasteiger partial charge in [-0.15, -0.1) is 0 Å². The number of nitrogens with one attached hydrogen (secondary N) is 1. The number of benzene rings is 1. The Hall–Kier alpha value is -3.24. The summed E-state index contributed by atoms with van der Waals surface area (Å²) in [7, 11) is 0. The summed E-state index contributed by atoms with van der Waals surface area (Å²) in [6.07, 6.45) is 3.48. The highest BCUT2D eigenvalue weighted by Crippen LogP contribution is 2.42. The maximum Gasteiger partial charge on any atom is 0.407 e. The van der Waals surface area contributed by atoms with E-state index >= 15 is 0 Å². The van der Waals surface area contributed by atoms with Crippen molar-refractivity contribution in [3.05, 3.63) is 41.1 Å². The summed E-state index contributed by atoms with van der Waals surface area (Å²) in [5, 5.41) is 20.1. The number of carbonyl (C=O) groups is 2. The molecule has 0 saturated carbocycles. The molecule has 2 amide bonds. The number of carboxylic acid groups (broad SMARTS) is 1. The third-order valence-corrected chi connectivity index (χ3v) is 6.42. The number of fused-ring (bicyclic) bond motifs is 2. The van der Waals surface area contributed by atoms with Gasteiger partial charge in [-0.1, -0.05) is 24.1 Å². The monoisotopic (exact) mass is 405 g/mol. The van der Waals surface area contributed by atoms with Crippen LogP contribution in [0.2, 0.25) is 0 Å². The molecule has 0 spiro atoms. The largest absolute Gasteiger partial charge is 0.465 e. The van der Waals surface area contributed by atoms with Crippen LogP contribution in [0, 0.1) is 17.8 Å². The molecular formula is C23H23N3O4. The van der Waals surface area contributed by atoms with E-state index in [-0.39, 0.29) is 25.1 Å². The number of carbonyl (C=O) groups excluding carboxylic acids is 1. The van der Waals surface area contributed by atoms with Crippen LogP contribution in [-0.4, -0.2) is 69.3 Å². The summed E-state index contributed by atoms with van der Waals surface area (Å²) in [5.74, 6) is 5.21. The van der Waals surface area contributed by atoms with Crippen LogP contribution in [0.3, 0.4) is 0 Å². The topological polar surface area (TPSA) is 96.9 Å². The number of aliphatic hydroxyl groups is 1. The summed E-state index contributed by atoms with van der Waals surface area (Å²) in [6, 6.07) is 5.54. The molecule has 3 N–H and O–H groups in total. The van der Waals surface area contributed by atoms with Crippen molar-refractivity contribution in [2.75, 3.05) is 26.2 Å². The maximum atomic E-state index is 13.1. The number of aliphatic hydroxyl groups excluding tert-OH is 1. The third-order valence-electron chi connectivity index (χ3n) is 6.42. The van der Waals surface area contributed by atoms with E-state index in [2.05, 4.69) is 16.8 Å². The van der Waals surface area contributed by atoms with Gasteiger partial charge < -0.3 is 20.1 Å². The van der Waals surface area contributed by atoms with Gasteiger partial charge in [0.2, 0.25) is 5.91 Å². The number of amides is 2. The normalized spacial score (nSPS) is 22.4. The highest BCUT2D eigenvalue weighted by molar-refractivity contribution is 6.01. The van der Waals surface area contributed by atoms with Crippen molar-refractivity contribution >= 4 is 28.5 Å². The molecule has 3 heterocycles. The molecular weight excluding hydrogens is 382 g/mol. The molecule has 3 aliphatic rings. The van der Waals surface area contributed by atoms with Gasteiger partial charge in [0.05, 0.1) is 17.7 Å². The van der Waals surface area contributed by atoms with Gasteiger partial charge in [-0.2, -0.15) is 0 Å². The van der Waals surface area contributed by atoms with Gasteiger partial charge >= 0.3 is 6.09 Å². The van der Waals surface area contributed by atoms with Crippen LogP contribution in [0.4, 0.5) is 4.79 Å². The lowest BCUT2D eigenvalue weighted by atomic mass is 9.79. The highest BCUT2D eigenvalue weighted by atomic mass is 16.4. The second-order valence-electron chi connectivity index (χ2n) is 8.08. The number of hydrogen-bond donors (Lipinski definition) is 3. The lowest BCUT2D eigenvalue weighted by Gasteiger charge is -2.40. The van der Waals surface area contributed by atoms with Crippen molar-refractivity contribution in [1.29, 1.82) is 0 Å². The molecule has 2 atom stereocenters. The first-order valence-electron chi connectivity index (χ1n) is 10.3. The van der Waals surface area contributed by atoms with Crippen LogP contribution in [0.1, 0.15) is 29.7 Å². The second-order valence-corrected chi connectivity index (χ2v) is 8.08. The van der Waals surface area contributed by atoms with Crippen LogP contribution in [-0.2, 0) is 11.2 Å². The van der Waals surface area contributed by atoms with E-state index in [1.54, 1.807) is 0 Å². The predicted molar refractivity (Wildman–Crippen MR) is 112 cm³/mol. The van der Waals surface area contributed by atoms with Crippen molar-refractivity contribution in [1.82, 2.24) is 14.8 Å². The molecule has 154 valence electrons. The summed E-state index contributed by atoms with van der Waals surface area (Å²) in [6.45, 7) is 1.43. The highest BCUT2D eigenvalue weighted by Gasteiger charge is 2.41. The van der Waals surface area contributed by atoms with Crippen LogP contribution in [0.5, 0.6) is 0 Å². The molecule has 1 saturated heterocycles. The van der Waals surface area contributed by atoms with E-state index in [0.717, 1.165) is 53.5 Å². The van der Waals surface area contributed by atoms with E-state index in [4.69, 9.17) is 5.11 Å². The van der Waals surface area contributed by atoms with Gasteiger partial charge in [-0.3, -0.25) is 9.69 Å². The summed E-state index contributed by atoms with van der Waals surface area (Å²) >= 11 is 0. The van der Waals surface area contributed by atoms with Crippen molar-refractivity contribution < 1.29 is 19.8 Å². The van der Waals surface area contributed by atoms with Crippen molar-refractivity contribution in [2.24, 2.45) is 5.92 Å². The zero-order valence-corrected chi connectivity index (χ0v) is 16.5. The quantitative estimate of drug-likeness (QED) is 0.633. The Balaban J connectivity index is 1.65. The summed E-state index contributed by atoms with van der Waals surface area (Å²) in [4.78, 5) is 31.8. The number of likely N-dealkylation sites (tertiary alicyclic amines) is 1. The van der Waals surface area contributed by atoms with Gasteiger partial charge in [0, 0.05) is 37.0 Å². The minimum Gasteiger partial charge on any atom is -0.465 e. The van der Waals surface area contributed by atoms with Gasteiger partial charge in [-0.25, -0.2) is 4.79 Å². The Morgan fingerprint density at radius 2 is 2.03 bits per heavy atom. The molecule has 0 unspecified atom stereocenters. The minimum atomic E-state index is -1.01. The fourth-order valence-electron chi connectivity index (χ4n) is 5.10. The molecule has 5 rings (SSSR count). The minimum absolute atomic E-state index is 0.0197. The van der Waals surface area contributed by atoms with Gasteiger partial charge in [0.1, 0.15) is 6.61 Å². The number of nitrogens with zero attached hydrogens (tertiary/aromatic N) is 2. The Labute approximate surface area is 174 Å². The Morgan fingerprint density at radius 1 is 1.23 bits per heavy atom. The molecule has 1 aromatic heterocycles. The number of aromatic amines is 1. The van der Waals surface area contributed by atoms with Crippen molar-refractivity contribution in [2.45, 2.75) is 25.3 Å². The zero-order chi connectivity index (χ0) is 20.8. The average molecular weight is 405 g/mol. The molecule has 2 aliphatic heterocycles. The van der Waals surface area contributed by atoms with E-state index in [0.29, 0.717) is 12.1 Å². The molecule has 7 nitrogen and oxygen atoms in total. The zero-order valence-electron chi connectivity index (χ0n) is 16.5. The van der Waals surface area contributed by atoms with E-state index in [9.17, 15) is 14.7 Å². The standard InChI is InChI=1S/C23H23N3O4/c27-10-4-7-18-17-12-20-16(15-5-3-6-19(24-18)21(15)17)11-14(13-26(20)23(29)30)22(28)25-8-1-2-9-25/h3,5-6,11,14,20,24,27H,1-2,8-10,12-13H2,(H,29,30)/t14-,20-/m1/s1. The fraction of sp³-hybridized carbons (Fsp3) is 0.391. The first kappa shape index (κ1) is 18.8. The molecule has 1 aromatic carbocycles. The number of aromatic nitrogens is 1. The summed E-state index contributed by atoms with van der Waals surface area (Å²) in [5.41, 5.74) is 4.47. The first-order chi connectivity index (χ1) is 14.6. The van der Waals surface area contributed by atoms with Gasteiger partial charge in [0.15, 0.2) is 0 Å². The predicted octanol–water partition coefficient (Wildman–Crippen LogP) is 2.05. The Bertz CT molecular complexity index is 1130. The first-order valence-corrected chi connectivity index (χ1v) is 10.3. The Kier molecular flexibility index (Phi) is 4.52. The van der Waals surface area contributed by atoms with Gasteiger partial charge in [-0.05, 0) is 41.5 Å². The van der Waals surface area contributed by atoms with Crippen LogP contribution < -0.4 is 0 Å². The number of H-pyrrole nitrogens is 1. The molecule has 0 radical (unpaired) electrons. The fourth-order valence-corrected chi connectivity index (χ4v) is 5.10. The summed E-state index contributed by atoms with van der Waals surface area (Å²) < 4.78 is 0. The lowest BCUT2D eigenvalue weighted by molar-refractivity contribution is -0.133. The van der Waals surface area contributed by atoms with Gasteiger partial charge in [0.25, 0.3) is 0 Å². The van der Waals surface area contributed by atoms with Crippen molar-refractivity contribution in [3.63, 3.8) is 0 Å². The molecule has 0 bridgehead atoms. The maximum absolute atomic E-state index is 13.1. The molecule has 7 heteroatoms. The van der Waals surface area contributed by atoms with E-state index in [1.807, 2.05) is 29.2 Å². The smallest absolute Gasteiger partial charge is 0.407 e. The molecule has 30 heavy (non-hydrogen) atoms. The lowest BCUT2D eigenvalue weighted by Crippen LogP contribution is -2.51. The average Bonchev–Trinajstić information content (AvgIpc) is 3.40. The van der Waals surface area contributed by atoms with E-state index in [1.165, 1.54) is 4.90 Å².